The van der Waals surface area contributed by atoms with Crippen LogP contribution < -0.4 is 0 Å². The summed E-state index contributed by atoms with van der Waals surface area (Å²) in [5, 5.41) is -0.847. The first-order valence-electron chi connectivity index (χ1n) is 2.71. The lowest BCUT2D eigenvalue weighted by molar-refractivity contribution is -0.122. The Hall–Kier alpha value is 0.500. The normalized spacial score (nSPS) is 45.0. The van der Waals surface area contributed by atoms with Crippen molar-refractivity contribution in [1.29, 1.82) is 0 Å². The summed E-state index contributed by atoms with van der Waals surface area (Å²) in [6, 6.07) is 0. The van der Waals surface area contributed by atoms with Gasteiger partial charge in [0, 0.05) is 0 Å². The van der Waals surface area contributed by atoms with Crippen molar-refractivity contribution in [3.8, 4) is 0 Å². The summed E-state index contributed by atoms with van der Waals surface area (Å²) in [4.78, 5) is 0. The molecule has 0 saturated carbocycles. The molecule has 0 spiro atoms. The van der Waals surface area contributed by atoms with Gasteiger partial charge >= 0.3 is 0 Å². The van der Waals surface area contributed by atoms with Crippen LogP contribution in [0.2, 0.25) is 0 Å². The first-order valence-corrected chi connectivity index (χ1v) is 3.53. The van der Waals surface area contributed by atoms with Gasteiger partial charge in [-0.25, -0.2) is 0 Å². The Morgan fingerprint density at radius 2 is 2.22 bits per heavy atom. The molecule has 0 aromatic carbocycles. The molecule has 0 aliphatic carbocycles. The molecule has 0 N–H and O–H groups in total. The highest BCUT2D eigenvalue weighted by Crippen LogP contribution is 2.29. The van der Waals surface area contributed by atoms with E-state index < -0.39 is 10.6 Å². The standard InChI is InChI=1S/C5H8Cl2O2/c1-5(7)4(6)8-2-3-9-5/h4H,2-3H2,1H3. The van der Waals surface area contributed by atoms with Crippen molar-refractivity contribution in [2.75, 3.05) is 13.2 Å². The van der Waals surface area contributed by atoms with Crippen molar-refractivity contribution in [2.45, 2.75) is 17.5 Å². The highest BCUT2D eigenvalue weighted by atomic mass is 35.5. The fraction of sp³-hybridized carbons (Fsp3) is 1.00. The summed E-state index contributed by atoms with van der Waals surface area (Å²) in [6.07, 6.45) is 0. The Kier molecular flexibility index (Phi) is 2.22. The zero-order valence-corrected chi connectivity index (χ0v) is 6.58. The summed E-state index contributed by atoms with van der Waals surface area (Å²) in [5.41, 5.74) is -0.534. The van der Waals surface area contributed by atoms with Gasteiger partial charge < -0.3 is 9.47 Å². The van der Waals surface area contributed by atoms with Crippen LogP contribution in [0.3, 0.4) is 0 Å². The van der Waals surface area contributed by atoms with E-state index >= 15 is 0 Å². The highest BCUT2D eigenvalue weighted by Gasteiger charge is 2.35. The highest BCUT2D eigenvalue weighted by molar-refractivity contribution is 6.30. The van der Waals surface area contributed by atoms with Crippen molar-refractivity contribution in [3.63, 3.8) is 0 Å². The van der Waals surface area contributed by atoms with Gasteiger partial charge in [0.05, 0.1) is 13.2 Å². The molecule has 1 heterocycles. The number of rotatable bonds is 0. The zero-order chi connectivity index (χ0) is 6.91. The summed E-state index contributed by atoms with van der Waals surface area (Å²) < 4.78 is 10.1. The Labute approximate surface area is 64.0 Å². The molecule has 9 heavy (non-hydrogen) atoms. The van der Waals surface area contributed by atoms with E-state index in [1.165, 1.54) is 0 Å². The topological polar surface area (TPSA) is 18.5 Å². The maximum Gasteiger partial charge on any atom is 0.178 e. The maximum absolute atomic E-state index is 5.74. The fourth-order valence-electron chi connectivity index (χ4n) is 0.607. The van der Waals surface area contributed by atoms with Crippen molar-refractivity contribution < 1.29 is 9.47 Å². The van der Waals surface area contributed by atoms with Crippen LogP contribution in [-0.2, 0) is 9.47 Å². The van der Waals surface area contributed by atoms with Crippen LogP contribution in [0.1, 0.15) is 6.92 Å². The molecule has 1 saturated heterocycles. The molecule has 0 amide bonds. The van der Waals surface area contributed by atoms with Gasteiger partial charge in [-0.3, -0.25) is 0 Å². The molecule has 1 rings (SSSR count). The predicted octanol–water partition coefficient (Wildman–Crippen LogP) is 1.55. The zero-order valence-electron chi connectivity index (χ0n) is 5.06. The molecule has 54 valence electrons. The van der Waals surface area contributed by atoms with Crippen molar-refractivity contribution >= 4 is 23.2 Å². The van der Waals surface area contributed by atoms with E-state index in [-0.39, 0.29) is 0 Å². The third kappa shape index (κ3) is 1.71. The number of alkyl halides is 2. The number of halogens is 2. The second kappa shape index (κ2) is 2.62. The monoisotopic (exact) mass is 170 g/mol. The first-order chi connectivity index (χ1) is 4.13. The van der Waals surface area contributed by atoms with Crippen LogP contribution in [0.15, 0.2) is 0 Å². The van der Waals surface area contributed by atoms with Crippen LogP contribution >= 0.6 is 23.2 Å². The second-order valence-electron chi connectivity index (χ2n) is 2.02. The van der Waals surface area contributed by atoms with Crippen molar-refractivity contribution in [3.05, 3.63) is 0 Å². The van der Waals surface area contributed by atoms with Crippen LogP contribution in [0.25, 0.3) is 0 Å². The lowest BCUT2D eigenvalue weighted by Gasteiger charge is -2.31. The molecule has 1 aliphatic heterocycles. The molecule has 2 atom stereocenters. The van der Waals surface area contributed by atoms with E-state index in [4.69, 9.17) is 32.7 Å². The van der Waals surface area contributed by atoms with Gasteiger partial charge in [0.1, 0.15) is 0 Å². The third-order valence-electron chi connectivity index (χ3n) is 1.14. The Bertz CT molecular complexity index is 105. The van der Waals surface area contributed by atoms with Crippen LogP contribution in [0.5, 0.6) is 0 Å². The Morgan fingerprint density at radius 3 is 2.56 bits per heavy atom. The molecular weight excluding hydrogens is 163 g/mol. The molecule has 2 nitrogen and oxygen atoms in total. The van der Waals surface area contributed by atoms with Gasteiger partial charge in [-0.05, 0) is 6.92 Å². The quantitative estimate of drug-likeness (QED) is 0.515. The van der Waals surface area contributed by atoms with E-state index in [2.05, 4.69) is 0 Å². The summed E-state index contributed by atoms with van der Waals surface area (Å²) in [6.45, 7) is 2.73. The van der Waals surface area contributed by atoms with Gasteiger partial charge in [0.2, 0.25) is 0 Å². The number of hydrogen-bond donors (Lipinski definition) is 0. The van der Waals surface area contributed by atoms with E-state index in [9.17, 15) is 0 Å². The molecule has 1 aliphatic rings. The maximum atomic E-state index is 5.74. The minimum absolute atomic E-state index is 0.517. The average molecular weight is 171 g/mol. The van der Waals surface area contributed by atoms with Crippen molar-refractivity contribution in [2.24, 2.45) is 0 Å². The van der Waals surface area contributed by atoms with Gasteiger partial charge in [0.15, 0.2) is 10.6 Å². The summed E-state index contributed by atoms with van der Waals surface area (Å²) in [7, 11) is 0. The van der Waals surface area contributed by atoms with E-state index in [1.807, 2.05) is 0 Å². The van der Waals surface area contributed by atoms with E-state index in [0.717, 1.165) is 0 Å². The van der Waals surface area contributed by atoms with Crippen LogP contribution in [0.4, 0.5) is 0 Å². The largest absolute Gasteiger partial charge is 0.356 e. The first kappa shape index (κ1) is 7.61. The predicted molar refractivity (Wildman–Crippen MR) is 35.8 cm³/mol. The molecule has 2 unspecified atom stereocenters. The van der Waals surface area contributed by atoms with Gasteiger partial charge in [0.25, 0.3) is 0 Å². The van der Waals surface area contributed by atoms with Crippen LogP contribution in [-0.4, -0.2) is 23.8 Å². The Balaban J connectivity index is 2.49. The third-order valence-corrected chi connectivity index (χ3v) is 2.10. The molecule has 0 radical (unpaired) electrons. The van der Waals surface area contributed by atoms with Crippen molar-refractivity contribution in [1.82, 2.24) is 0 Å². The molecule has 0 aromatic heterocycles. The number of hydrogen-bond acceptors (Lipinski definition) is 2. The molecule has 0 bridgehead atoms. The minimum atomic E-state index is -0.847. The SMILES string of the molecule is CC1(Cl)OCCOC1Cl. The molecule has 4 heteroatoms. The fourth-order valence-corrected chi connectivity index (χ4v) is 0.899. The van der Waals surface area contributed by atoms with Gasteiger partial charge in [-0.1, -0.05) is 23.2 Å². The smallest absolute Gasteiger partial charge is 0.178 e. The molecule has 1 fully saturated rings. The molecular formula is C5H8Cl2O2. The van der Waals surface area contributed by atoms with E-state index in [0.29, 0.717) is 13.2 Å². The number of ether oxygens (including phenoxy) is 2. The molecule has 0 aromatic rings. The lowest BCUT2D eigenvalue weighted by Crippen LogP contribution is -2.40. The summed E-state index contributed by atoms with van der Waals surface area (Å²) in [5.74, 6) is 0. The van der Waals surface area contributed by atoms with Gasteiger partial charge in [-0.2, -0.15) is 0 Å². The minimum Gasteiger partial charge on any atom is -0.356 e. The average Bonchev–Trinajstić information content (AvgIpc) is 1.77. The van der Waals surface area contributed by atoms with E-state index in [1.54, 1.807) is 6.92 Å². The second-order valence-corrected chi connectivity index (χ2v) is 3.17. The lowest BCUT2D eigenvalue weighted by atomic mass is 10.4. The Morgan fingerprint density at radius 1 is 1.56 bits per heavy atom. The van der Waals surface area contributed by atoms with Crippen LogP contribution in [0, 0.1) is 0 Å². The summed E-state index contributed by atoms with van der Waals surface area (Å²) >= 11 is 11.4. The van der Waals surface area contributed by atoms with Gasteiger partial charge in [-0.15, -0.1) is 0 Å².